The molecule has 0 aliphatic carbocycles. The molecule has 0 unspecified atom stereocenters. The third-order valence-electron chi connectivity index (χ3n) is 2.16. The van der Waals surface area contributed by atoms with Crippen LogP contribution in [0.25, 0.3) is 6.08 Å². The molecule has 0 radical (unpaired) electrons. The summed E-state index contributed by atoms with van der Waals surface area (Å²) in [7, 11) is 0. The van der Waals surface area contributed by atoms with Crippen molar-refractivity contribution in [2.24, 2.45) is 0 Å². The molecule has 19 heavy (non-hydrogen) atoms. The number of phenolic OH excluding ortho intramolecular Hbond substituents is 2. The highest BCUT2D eigenvalue weighted by atomic mass is 35.5. The molecule has 0 aromatic heterocycles. The Labute approximate surface area is 118 Å². The van der Waals surface area contributed by atoms with Gasteiger partial charge in [-0.3, -0.25) is 0 Å². The Morgan fingerprint density at radius 2 is 1.95 bits per heavy atom. The molecule has 4 nitrogen and oxygen atoms in total. The van der Waals surface area contributed by atoms with Gasteiger partial charge in [-0.15, -0.1) is 11.6 Å². The summed E-state index contributed by atoms with van der Waals surface area (Å²) in [5, 5.41) is 26.3. The zero-order valence-corrected chi connectivity index (χ0v) is 11.6. The Morgan fingerprint density at radius 1 is 1.26 bits per heavy atom. The minimum atomic E-state index is -1.06. The Bertz CT molecular complexity index is 412. The molecule has 0 atom stereocenters. The predicted octanol–water partition coefficient (Wildman–Crippen LogP) is 3.61. The lowest BCUT2D eigenvalue weighted by Gasteiger charge is -1.97. The highest BCUT2D eigenvalue weighted by molar-refractivity contribution is 6.17. The average Bonchev–Trinajstić information content (AvgIpc) is 2.38. The maximum Gasteiger partial charge on any atom is 0.328 e. The fraction of sp³-hybridized carbons (Fsp3) is 0.357. The van der Waals surface area contributed by atoms with Gasteiger partial charge in [-0.05, 0) is 30.2 Å². The minimum absolute atomic E-state index is 0.229. The van der Waals surface area contributed by atoms with Gasteiger partial charge >= 0.3 is 5.97 Å². The van der Waals surface area contributed by atoms with Crippen LogP contribution < -0.4 is 0 Å². The first-order chi connectivity index (χ1) is 9.01. The molecule has 0 spiro atoms. The van der Waals surface area contributed by atoms with Gasteiger partial charge in [0.2, 0.25) is 0 Å². The molecule has 0 amide bonds. The van der Waals surface area contributed by atoms with Gasteiger partial charge in [-0.25, -0.2) is 4.79 Å². The highest BCUT2D eigenvalue weighted by Gasteiger charge is 1.97. The van der Waals surface area contributed by atoms with E-state index in [-0.39, 0.29) is 11.5 Å². The second-order valence-electron chi connectivity index (χ2n) is 3.82. The monoisotopic (exact) mass is 286 g/mol. The molecule has 106 valence electrons. The Kier molecular flexibility index (Phi) is 9.35. The molecule has 0 saturated heterocycles. The molecular formula is C14H19ClO4. The van der Waals surface area contributed by atoms with Gasteiger partial charge < -0.3 is 15.3 Å². The van der Waals surface area contributed by atoms with Crippen molar-refractivity contribution in [3.05, 3.63) is 29.8 Å². The van der Waals surface area contributed by atoms with Crippen molar-refractivity contribution >= 4 is 23.6 Å². The van der Waals surface area contributed by atoms with Crippen molar-refractivity contribution in [1.29, 1.82) is 0 Å². The smallest absolute Gasteiger partial charge is 0.328 e. The summed E-state index contributed by atoms with van der Waals surface area (Å²) in [4.78, 5) is 10.1. The zero-order chi connectivity index (χ0) is 14.7. The molecule has 0 bridgehead atoms. The van der Waals surface area contributed by atoms with Crippen LogP contribution >= 0.6 is 11.6 Å². The normalized spacial score (nSPS) is 10.0. The Morgan fingerprint density at radius 3 is 2.37 bits per heavy atom. The van der Waals surface area contributed by atoms with E-state index in [2.05, 4.69) is 6.92 Å². The van der Waals surface area contributed by atoms with Crippen molar-refractivity contribution in [1.82, 2.24) is 0 Å². The van der Waals surface area contributed by atoms with Crippen LogP contribution in [0.1, 0.15) is 31.7 Å². The second kappa shape index (κ2) is 10.3. The number of unbranched alkanes of at least 4 members (excludes halogenated alkanes) is 2. The molecule has 0 aliphatic heterocycles. The number of hydrogen-bond acceptors (Lipinski definition) is 3. The number of alkyl halides is 1. The van der Waals surface area contributed by atoms with Crippen LogP contribution in [-0.2, 0) is 4.79 Å². The van der Waals surface area contributed by atoms with E-state index in [9.17, 15) is 4.79 Å². The molecule has 0 heterocycles. The molecule has 0 aliphatic rings. The summed E-state index contributed by atoms with van der Waals surface area (Å²) >= 11 is 5.38. The molecule has 1 rings (SSSR count). The lowest BCUT2D eigenvalue weighted by molar-refractivity contribution is -0.131. The van der Waals surface area contributed by atoms with Gasteiger partial charge in [0, 0.05) is 12.0 Å². The van der Waals surface area contributed by atoms with Gasteiger partial charge in [0.1, 0.15) is 0 Å². The molecule has 5 heteroatoms. The fourth-order valence-corrected chi connectivity index (χ4v) is 1.35. The van der Waals surface area contributed by atoms with Crippen molar-refractivity contribution in [2.45, 2.75) is 26.2 Å². The van der Waals surface area contributed by atoms with Crippen LogP contribution in [0.2, 0.25) is 0 Å². The van der Waals surface area contributed by atoms with Gasteiger partial charge in [-0.1, -0.05) is 25.8 Å². The van der Waals surface area contributed by atoms with Crippen molar-refractivity contribution < 1.29 is 20.1 Å². The third-order valence-corrected chi connectivity index (χ3v) is 2.42. The number of benzene rings is 1. The van der Waals surface area contributed by atoms with Crippen molar-refractivity contribution in [3.63, 3.8) is 0 Å². The summed E-state index contributed by atoms with van der Waals surface area (Å²) < 4.78 is 0. The number of hydrogen-bond donors (Lipinski definition) is 3. The van der Waals surface area contributed by atoms with Crippen LogP contribution in [0.4, 0.5) is 0 Å². The first-order valence-corrected chi connectivity index (χ1v) is 6.53. The second-order valence-corrected chi connectivity index (χ2v) is 4.19. The van der Waals surface area contributed by atoms with E-state index in [1.807, 2.05) is 0 Å². The van der Waals surface area contributed by atoms with Crippen LogP contribution in [0, 0.1) is 0 Å². The number of phenols is 2. The van der Waals surface area contributed by atoms with Gasteiger partial charge in [0.15, 0.2) is 11.5 Å². The van der Waals surface area contributed by atoms with E-state index in [0.29, 0.717) is 5.56 Å². The summed E-state index contributed by atoms with van der Waals surface area (Å²) in [6.07, 6.45) is 6.00. The van der Waals surface area contributed by atoms with Gasteiger partial charge in [0.25, 0.3) is 0 Å². The Hall–Kier alpha value is -1.68. The van der Waals surface area contributed by atoms with Crippen LogP contribution in [0.3, 0.4) is 0 Å². The quantitative estimate of drug-likeness (QED) is 0.334. The first-order valence-electron chi connectivity index (χ1n) is 6.00. The topological polar surface area (TPSA) is 77.8 Å². The highest BCUT2D eigenvalue weighted by Crippen LogP contribution is 2.25. The molecule has 1 aromatic carbocycles. The summed E-state index contributed by atoms with van der Waals surface area (Å²) in [5.41, 5.74) is 0.512. The Balaban J connectivity index is 0.000000459. The lowest BCUT2D eigenvalue weighted by atomic mass is 10.2. The first kappa shape index (κ1) is 17.3. The van der Waals surface area contributed by atoms with E-state index in [1.54, 1.807) is 0 Å². The standard InChI is InChI=1S/C9H8O4.C5H11Cl/c10-7-3-1-6(5-8(7)11)2-4-9(12)13;1-2-3-4-5-6/h1-5,10-11H,(H,12,13);2-5H2,1H3. The molecule has 1 aromatic rings. The maximum atomic E-state index is 10.1. The SMILES string of the molecule is CCCCCCl.O=C(O)C=Cc1ccc(O)c(O)c1. The number of aromatic hydroxyl groups is 2. The predicted molar refractivity (Wildman–Crippen MR) is 76.7 cm³/mol. The van der Waals surface area contributed by atoms with Gasteiger partial charge in [-0.2, -0.15) is 0 Å². The lowest BCUT2D eigenvalue weighted by Crippen LogP contribution is -1.85. The average molecular weight is 287 g/mol. The van der Waals surface area contributed by atoms with E-state index < -0.39 is 5.97 Å². The molecule has 0 saturated carbocycles. The van der Waals surface area contributed by atoms with E-state index in [0.717, 1.165) is 12.0 Å². The number of halogens is 1. The number of rotatable bonds is 5. The van der Waals surface area contributed by atoms with E-state index in [4.69, 9.17) is 26.9 Å². The van der Waals surface area contributed by atoms with Gasteiger partial charge in [0.05, 0.1) is 0 Å². The summed E-state index contributed by atoms with van der Waals surface area (Å²) in [6, 6.07) is 4.06. The minimum Gasteiger partial charge on any atom is -0.504 e. The van der Waals surface area contributed by atoms with Crippen molar-refractivity contribution in [2.75, 3.05) is 5.88 Å². The molecule has 0 fully saturated rings. The molecular weight excluding hydrogens is 268 g/mol. The number of carboxylic acids is 1. The van der Waals surface area contributed by atoms with Crippen LogP contribution in [-0.4, -0.2) is 27.2 Å². The van der Waals surface area contributed by atoms with Crippen LogP contribution in [0.5, 0.6) is 11.5 Å². The van der Waals surface area contributed by atoms with Crippen LogP contribution in [0.15, 0.2) is 24.3 Å². The molecule has 3 N–H and O–H groups in total. The summed E-state index contributed by atoms with van der Waals surface area (Å²) in [5.74, 6) is -0.735. The zero-order valence-electron chi connectivity index (χ0n) is 10.8. The summed E-state index contributed by atoms with van der Waals surface area (Å²) in [6.45, 7) is 2.17. The van der Waals surface area contributed by atoms with E-state index >= 15 is 0 Å². The van der Waals surface area contributed by atoms with E-state index in [1.165, 1.54) is 43.5 Å². The third kappa shape index (κ3) is 8.97. The van der Waals surface area contributed by atoms with Crippen molar-refractivity contribution in [3.8, 4) is 11.5 Å². The largest absolute Gasteiger partial charge is 0.504 e. The maximum absolute atomic E-state index is 10.1. The number of carbonyl (C=O) groups is 1. The number of aliphatic carboxylic acids is 1. The fourth-order valence-electron chi connectivity index (χ4n) is 1.16. The number of carboxylic acid groups (broad SMARTS) is 1.